The van der Waals surface area contributed by atoms with Crippen LogP contribution in [0.5, 0.6) is 0 Å². The Balaban J connectivity index is 2.33. The summed E-state index contributed by atoms with van der Waals surface area (Å²) < 4.78 is 0. The van der Waals surface area contributed by atoms with E-state index in [9.17, 15) is 9.90 Å². The Hall–Kier alpha value is -1.55. The normalized spacial score (nSPS) is 24.0. The number of aliphatic hydroxyl groups is 1. The summed E-state index contributed by atoms with van der Waals surface area (Å²) in [5, 5.41) is 12.3. The van der Waals surface area contributed by atoms with Crippen molar-refractivity contribution in [2.45, 2.75) is 32.9 Å². The van der Waals surface area contributed by atoms with Gasteiger partial charge in [0, 0.05) is 18.3 Å². The van der Waals surface area contributed by atoms with Crippen molar-refractivity contribution in [1.82, 2.24) is 5.32 Å². The molecule has 18 heavy (non-hydrogen) atoms. The quantitative estimate of drug-likeness (QED) is 0.820. The van der Waals surface area contributed by atoms with Crippen LogP contribution in [-0.4, -0.2) is 36.2 Å². The van der Waals surface area contributed by atoms with Crippen molar-refractivity contribution in [3.63, 3.8) is 0 Å². The Bertz CT molecular complexity index is 459. The number of carbonyl (C=O) groups is 1. The number of carbonyl (C=O) groups excluding carboxylic acids is 1. The molecule has 0 bridgehead atoms. The molecule has 1 saturated heterocycles. The molecule has 0 spiro atoms. The van der Waals surface area contributed by atoms with Gasteiger partial charge < -0.3 is 15.3 Å². The van der Waals surface area contributed by atoms with E-state index in [4.69, 9.17) is 0 Å². The SMILES string of the molecule is Cc1ccc(N2CC(C)NC(=O)C2CO)cc1C. The van der Waals surface area contributed by atoms with Crippen LogP contribution in [0, 0.1) is 13.8 Å². The van der Waals surface area contributed by atoms with Crippen LogP contribution in [0.25, 0.3) is 0 Å². The van der Waals surface area contributed by atoms with Gasteiger partial charge >= 0.3 is 0 Å². The fourth-order valence-corrected chi connectivity index (χ4v) is 2.32. The summed E-state index contributed by atoms with van der Waals surface area (Å²) in [7, 11) is 0. The molecule has 1 aromatic carbocycles. The van der Waals surface area contributed by atoms with Crippen LogP contribution < -0.4 is 10.2 Å². The van der Waals surface area contributed by atoms with Gasteiger partial charge in [0.25, 0.3) is 0 Å². The molecule has 2 N–H and O–H groups in total. The lowest BCUT2D eigenvalue weighted by Crippen LogP contribution is -2.60. The van der Waals surface area contributed by atoms with E-state index in [0.29, 0.717) is 0 Å². The fraction of sp³-hybridized carbons (Fsp3) is 0.500. The number of hydrogen-bond acceptors (Lipinski definition) is 3. The Morgan fingerprint density at radius 1 is 1.39 bits per heavy atom. The standard InChI is InChI=1S/C14H20N2O2/c1-9-4-5-12(6-10(9)2)16-7-11(3)15-14(18)13(16)8-17/h4-6,11,13,17H,7-8H2,1-3H3,(H,15,18). The van der Waals surface area contributed by atoms with Crippen molar-refractivity contribution in [3.05, 3.63) is 29.3 Å². The van der Waals surface area contributed by atoms with Crippen molar-refractivity contribution in [2.24, 2.45) is 0 Å². The van der Waals surface area contributed by atoms with Gasteiger partial charge in [0.1, 0.15) is 6.04 Å². The number of anilines is 1. The molecule has 0 aliphatic carbocycles. The first-order valence-electron chi connectivity index (χ1n) is 6.28. The summed E-state index contributed by atoms with van der Waals surface area (Å²) in [6.45, 7) is 6.65. The average Bonchev–Trinajstić information content (AvgIpc) is 2.32. The molecule has 4 nitrogen and oxygen atoms in total. The van der Waals surface area contributed by atoms with Gasteiger partial charge in [0.2, 0.25) is 5.91 Å². The highest BCUT2D eigenvalue weighted by Gasteiger charge is 2.32. The van der Waals surface area contributed by atoms with Gasteiger partial charge in [-0.3, -0.25) is 4.79 Å². The highest BCUT2D eigenvalue weighted by atomic mass is 16.3. The van der Waals surface area contributed by atoms with Crippen molar-refractivity contribution in [3.8, 4) is 0 Å². The summed E-state index contributed by atoms with van der Waals surface area (Å²) in [6.07, 6.45) is 0. The van der Waals surface area contributed by atoms with Gasteiger partial charge in [-0.15, -0.1) is 0 Å². The van der Waals surface area contributed by atoms with Crippen LogP contribution in [0.2, 0.25) is 0 Å². The number of piperazine rings is 1. The van der Waals surface area contributed by atoms with Crippen LogP contribution >= 0.6 is 0 Å². The molecule has 0 aromatic heterocycles. The van der Waals surface area contributed by atoms with Crippen molar-refractivity contribution < 1.29 is 9.90 Å². The summed E-state index contributed by atoms with van der Waals surface area (Å²) in [4.78, 5) is 13.8. The molecule has 2 unspecified atom stereocenters. The van der Waals surface area contributed by atoms with Gasteiger partial charge in [-0.05, 0) is 44.0 Å². The molecular formula is C14H20N2O2. The van der Waals surface area contributed by atoms with Gasteiger partial charge in [-0.2, -0.15) is 0 Å². The zero-order valence-corrected chi connectivity index (χ0v) is 11.1. The van der Waals surface area contributed by atoms with Crippen LogP contribution in [0.1, 0.15) is 18.1 Å². The highest BCUT2D eigenvalue weighted by Crippen LogP contribution is 2.23. The number of hydrogen-bond donors (Lipinski definition) is 2. The van der Waals surface area contributed by atoms with Crippen molar-refractivity contribution in [1.29, 1.82) is 0 Å². The Morgan fingerprint density at radius 3 is 2.72 bits per heavy atom. The molecule has 1 aliphatic heterocycles. The Kier molecular flexibility index (Phi) is 3.57. The second kappa shape index (κ2) is 4.98. The van der Waals surface area contributed by atoms with E-state index in [1.165, 1.54) is 11.1 Å². The van der Waals surface area contributed by atoms with Crippen LogP contribution in [0.4, 0.5) is 5.69 Å². The molecular weight excluding hydrogens is 228 g/mol. The van der Waals surface area contributed by atoms with Gasteiger partial charge in [-0.25, -0.2) is 0 Å². The molecule has 2 rings (SSSR count). The van der Waals surface area contributed by atoms with Gasteiger partial charge in [0.15, 0.2) is 0 Å². The van der Waals surface area contributed by atoms with E-state index in [1.807, 2.05) is 17.9 Å². The highest BCUT2D eigenvalue weighted by molar-refractivity contribution is 5.87. The Labute approximate surface area is 108 Å². The zero-order valence-electron chi connectivity index (χ0n) is 11.1. The van der Waals surface area contributed by atoms with E-state index in [1.54, 1.807) is 0 Å². The monoisotopic (exact) mass is 248 g/mol. The summed E-state index contributed by atoms with van der Waals surface area (Å²) in [5.41, 5.74) is 3.43. The number of aliphatic hydroxyl groups excluding tert-OH is 1. The number of nitrogens with zero attached hydrogens (tertiary/aromatic N) is 1. The molecule has 4 heteroatoms. The van der Waals surface area contributed by atoms with E-state index in [0.717, 1.165) is 12.2 Å². The van der Waals surface area contributed by atoms with Gasteiger partial charge in [0.05, 0.1) is 6.61 Å². The fourth-order valence-electron chi connectivity index (χ4n) is 2.32. The third kappa shape index (κ3) is 2.34. The third-order valence-corrected chi connectivity index (χ3v) is 3.53. The number of benzene rings is 1. The molecule has 98 valence electrons. The molecule has 1 amide bonds. The second-order valence-electron chi connectivity index (χ2n) is 5.03. The minimum Gasteiger partial charge on any atom is -0.394 e. The second-order valence-corrected chi connectivity index (χ2v) is 5.03. The molecule has 0 saturated carbocycles. The maximum Gasteiger partial charge on any atom is 0.245 e. The smallest absolute Gasteiger partial charge is 0.245 e. The number of nitrogens with one attached hydrogen (secondary N) is 1. The van der Waals surface area contributed by atoms with E-state index < -0.39 is 6.04 Å². The molecule has 1 aromatic rings. The molecule has 0 radical (unpaired) electrons. The van der Waals surface area contributed by atoms with E-state index in [-0.39, 0.29) is 18.6 Å². The first-order chi connectivity index (χ1) is 8.52. The maximum atomic E-state index is 11.9. The topological polar surface area (TPSA) is 52.6 Å². The lowest BCUT2D eigenvalue weighted by molar-refractivity contribution is -0.125. The van der Waals surface area contributed by atoms with E-state index in [2.05, 4.69) is 31.3 Å². The third-order valence-electron chi connectivity index (χ3n) is 3.53. The van der Waals surface area contributed by atoms with Crippen molar-refractivity contribution >= 4 is 11.6 Å². The minimum atomic E-state index is -0.483. The van der Waals surface area contributed by atoms with Crippen molar-refractivity contribution in [2.75, 3.05) is 18.1 Å². The molecule has 1 heterocycles. The van der Waals surface area contributed by atoms with Crippen LogP contribution in [0.3, 0.4) is 0 Å². The lowest BCUT2D eigenvalue weighted by Gasteiger charge is -2.39. The van der Waals surface area contributed by atoms with Gasteiger partial charge in [-0.1, -0.05) is 6.07 Å². The summed E-state index contributed by atoms with van der Waals surface area (Å²) in [5.74, 6) is -0.102. The molecule has 2 atom stereocenters. The first-order valence-corrected chi connectivity index (χ1v) is 6.28. The predicted molar refractivity (Wildman–Crippen MR) is 71.7 cm³/mol. The zero-order chi connectivity index (χ0) is 13.3. The summed E-state index contributed by atoms with van der Waals surface area (Å²) >= 11 is 0. The summed E-state index contributed by atoms with van der Waals surface area (Å²) in [6, 6.07) is 5.75. The predicted octanol–water partition coefficient (Wildman–Crippen LogP) is 0.989. The minimum absolute atomic E-state index is 0.0990. The maximum absolute atomic E-state index is 11.9. The number of rotatable bonds is 2. The Morgan fingerprint density at radius 2 is 2.11 bits per heavy atom. The molecule has 1 fully saturated rings. The number of aryl methyl sites for hydroxylation is 2. The largest absolute Gasteiger partial charge is 0.394 e. The lowest BCUT2D eigenvalue weighted by atomic mass is 10.0. The number of amides is 1. The first kappa shape index (κ1) is 12.9. The van der Waals surface area contributed by atoms with E-state index >= 15 is 0 Å². The van der Waals surface area contributed by atoms with Crippen LogP contribution in [0.15, 0.2) is 18.2 Å². The molecule has 1 aliphatic rings. The average molecular weight is 248 g/mol. The van der Waals surface area contributed by atoms with Crippen LogP contribution in [-0.2, 0) is 4.79 Å².